The second-order valence-electron chi connectivity index (χ2n) is 4.33. The van der Waals surface area contributed by atoms with Gasteiger partial charge in [-0.2, -0.15) is 0 Å². The molecule has 0 unspecified atom stereocenters. The number of hydrogen-bond acceptors (Lipinski definition) is 2. The lowest BCUT2D eigenvalue weighted by Crippen LogP contribution is -2.21. The van der Waals surface area contributed by atoms with Crippen molar-refractivity contribution in [3.63, 3.8) is 0 Å². The smallest absolute Gasteiger partial charge is 0.0570 e. The molecule has 1 atom stereocenters. The molecule has 1 N–H and O–H groups in total. The first kappa shape index (κ1) is 12.5. The molecule has 0 saturated heterocycles. The topological polar surface area (TPSA) is 24.9 Å². The van der Waals surface area contributed by atoms with Crippen LogP contribution in [0.4, 0.5) is 0 Å². The summed E-state index contributed by atoms with van der Waals surface area (Å²) in [6, 6.07) is 16.4. The summed E-state index contributed by atoms with van der Waals surface area (Å²) in [5.74, 6) is 0. The van der Waals surface area contributed by atoms with E-state index in [4.69, 9.17) is 0 Å². The molecule has 2 nitrogen and oxygen atoms in total. The van der Waals surface area contributed by atoms with Gasteiger partial charge in [-0.05, 0) is 30.2 Å². The molecule has 0 bridgehead atoms. The Hall–Kier alpha value is -1.93. The third-order valence-corrected chi connectivity index (χ3v) is 2.94. The molecular weight excluding hydrogens is 220 g/mol. The van der Waals surface area contributed by atoms with Crippen LogP contribution in [-0.2, 0) is 0 Å². The van der Waals surface area contributed by atoms with Gasteiger partial charge in [-0.25, -0.2) is 0 Å². The summed E-state index contributed by atoms with van der Waals surface area (Å²) in [5, 5.41) is 3.44. The van der Waals surface area contributed by atoms with E-state index < -0.39 is 0 Å². The van der Waals surface area contributed by atoms with Gasteiger partial charge in [0.2, 0.25) is 0 Å². The number of aromatic nitrogens is 1. The van der Waals surface area contributed by atoms with Crippen LogP contribution in [0.15, 0.2) is 61.3 Å². The van der Waals surface area contributed by atoms with Crippen molar-refractivity contribution in [3.05, 3.63) is 72.6 Å². The SMILES string of the molecule is C=C(CN[C@@H](C)c1ccccn1)c1ccccc1. The van der Waals surface area contributed by atoms with E-state index in [1.165, 1.54) is 5.56 Å². The van der Waals surface area contributed by atoms with E-state index >= 15 is 0 Å². The van der Waals surface area contributed by atoms with Crippen molar-refractivity contribution >= 4 is 5.57 Å². The summed E-state index contributed by atoms with van der Waals surface area (Å²) in [4.78, 5) is 4.34. The average molecular weight is 238 g/mol. The molecule has 92 valence electrons. The van der Waals surface area contributed by atoms with Crippen molar-refractivity contribution in [1.29, 1.82) is 0 Å². The summed E-state index contributed by atoms with van der Waals surface area (Å²) in [6.07, 6.45) is 1.82. The van der Waals surface area contributed by atoms with Crippen LogP contribution in [0.25, 0.3) is 5.57 Å². The normalized spacial score (nSPS) is 12.1. The molecule has 2 rings (SSSR count). The van der Waals surface area contributed by atoms with Crippen LogP contribution in [0.5, 0.6) is 0 Å². The lowest BCUT2D eigenvalue weighted by atomic mass is 10.1. The lowest BCUT2D eigenvalue weighted by Gasteiger charge is -2.14. The molecule has 0 amide bonds. The molecule has 0 saturated carbocycles. The fraction of sp³-hybridized carbons (Fsp3) is 0.188. The van der Waals surface area contributed by atoms with E-state index in [1.54, 1.807) is 0 Å². The highest BCUT2D eigenvalue weighted by atomic mass is 14.9. The van der Waals surface area contributed by atoms with Gasteiger partial charge in [0.05, 0.1) is 5.69 Å². The fourth-order valence-corrected chi connectivity index (χ4v) is 1.79. The van der Waals surface area contributed by atoms with Gasteiger partial charge in [0.15, 0.2) is 0 Å². The number of benzene rings is 1. The monoisotopic (exact) mass is 238 g/mol. The molecule has 2 aromatic rings. The lowest BCUT2D eigenvalue weighted by molar-refractivity contribution is 0.606. The van der Waals surface area contributed by atoms with Crippen LogP contribution >= 0.6 is 0 Å². The van der Waals surface area contributed by atoms with Crippen molar-refractivity contribution in [2.45, 2.75) is 13.0 Å². The first-order valence-electron chi connectivity index (χ1n) is 6.15. The van der Waals surface area contributed by atoms with Crippen LogP contribution in [-0.4, -0.2) is 11.5 Å². The maximum atomic E-state index is 4.34. The molecule has 18 heavy (non-hydrogen) atoms. The predicted octanol–water partition coefficient (Wildman–Crippen LogP) is 3.45. The van der Waals surface area contributed by atoms with Crippen molar-refractivity contribution in [2.75, 3.05) is 6.54 Å². The van der Waals surface area contributed by atoms with E-state index in [0.717, 1.165) is 17.8 Å². The quantitative estimate of drug-likeness (QED) is 0.863. The highest BCUT2D eigenvalue weighted by Crippen LogP contribution is 2.13. The number of rotatable bonds is 5. The molecule has 1 heterocycles. The van der Waals surface area contributed by atoms with Crippen LogP contribution in [0.2, 0.25) is 0 Å². The molecule has 2 heteroatoms. The summed E-state index contributed by atoms with van der Waals surface area (Å²) in [5.41, 5.74) is 3.33. The molecule has 0 aliphatic rings. The number of nitrogens with zero attached hydrogens (tertiary/aromatic N) is 1. The Morgan fingerprint density at radius 3 is 2.56 bits per heavy atom. The standard InChI is InChI=1S/C16H18N2/c1-13(15-8-4-3-5-9-15)12-18-14(2)16-10-6-7-11-17-16/h3-11,14,18H,1,12H2,2H3/t14-/m0/s1. The van der Waals surface area contributed by atoms with Crippen LogP contribution < -0.4 is 5.32 Å². The second-order valence-corrected chi connectivity index (χ2v) is 4.33. The van der Waals surface area contributed by atoms with Gasteiger partial charge in [-0.3, -0.25) is 4.98 Å². The molecule has 0 aliphatic carbocycles. The molecule has 1 aromatic carbocycles. The fourth-order valence-electron chi connectivity index (χ4n) is 1.79. The van der Waals surface area contributed by atoms with Gasteiger partial charge in [-0.1, -0.05) is 43.0 Å². The van der Waals surface area contributed by atoms with E-state index in [1.807, 2.05) is 42.6 Å². The predicted molar refractivity (Wildman–Crippen MR) is 76.1 cm³/mol. The van der Waals surface area contributed by atoms with E-state index in [9.17, 15) is 0 Å². The summed E-state index contributed by atoms with van der Waals surface area (Å²) < 4.78 is 0. The van der Waals surface area contributed by atoms with Gasteiger partial charge in [0.1, 0.15) is 0 Å². The molecule has 1 aromatic heterocycles. The Labute approximate surface area is 108 Å². The summed E-state index contributed by atoms with van der Waals surface area (Å²) in [6.45, 7) is 6.99. The van der Waals surface area contributed by atoms with Crippen molar-refractivity contribution in [2.24, 2.45) is 0 Å². The Balaban J connectivity index is 1.91. The molecule has 0 fully saturated rings. The van der Waals surface area contributed by atoms with Gasteiger partial charge in [-0.15, -0.1) is 0 Å². The zero-order valence-electron chi connectivity index (χ0n) is 10.6. The van der Waals surface area contributed by atoms with Gasteiger partial charge >= 0.3 is 0 Å². The maximum Gasteiger partial charge on any atom is 0.0570 e. The minimum absolute atomic E-state index is 0.228. The van der Waals surface area contributed by atoms with Crippen LogP contribution in [0.1, 0.15) is 24.2 Å². The Bertz CT molecular complexity index is 491. The third kappa shape index (κ3) is 3.28. The van der Waals surface area contributed by atoms with Crippen LogP contribution in [0.3, 0.4) is 0 Å². The van der Waals surface area contributed by atoms with Crippen molar-refractivity contribution in [3.8, 4) is 0 Å². The minimum Gasteiger partial charge on any atom is -0.305 e. The largest absolute Gasteiger partial charge is 0.305 e. The number of hydrogen-bond donors (Lipinski definition) is 1. The first-order valence-corrected chi connectivity index (χ1v) is 6.15. The molecule has 0 spiro atoms. The highest BCUT2D eigenvalue weighted by molar-refractivity contribution is 5.64. The van der Waals surface area contributed by atoms with Gasteiger partial charge in [0, 0.05) is 18.8 Å². The van der Waals surface area contributed by atoms with Crippen LogP contribution in [0, 0.1) is 0 Å². The first-order chi connectivity index (χ1) is 8.77. The zero-order chi connectivity index (χ0) is 12.8. The van der Waals surface area contributed by atoms with Gasteiger partial charge < -0.3 is 5.32 Å². The third-order valence-electron chi connectivity index (χ3n) is 2.94. The number of nitrogens with one attached hydrogen (secondary N) is 1. The Kier molecular flexibility index (Phi) is 4.26. The van der Waals surface area contributed by atoms with Crippen molar-refractivity contribution < 1.29 is 0 Å². The maximum absolute atomic E-state index is 4.34. The average Bonchev–Trinajstić information content (AvgIpc) is 2.46. The molecular formula is C16H18N2. The summed E-state index contributed by atoms with van der Waals surface area (Å²) in [7, 11) is 0. The highest BCUT2D eigenvalue weighted by Gasteiger charge is 2.06. The van der Waals surface area contributed by atoms with E-state index in [0.29, 0.717) is 0 Å². The molecule has 0 radical (unpaired) electrons. The number of pyridine rings is 1. The zero-order valence-corrected chi connectivity index (χ0v) is 10.6. The Morgan fingerprint density at radius 1 is 1.17 bits per heavy atom. The van der Waals surface area contributed by atoms with Gasteiger partial charge in [0.25, 0.3) is 0 Å². The second kappa shape index (κ2) is 6.12. The van der Waals surface area contributed by atoms with E-state index in [-0.39, 0.29) is 6.04 Å². The summed E-state index contributed by atoms with van der Waals surface area (Å²) >= 11 is 0. The Morgan fingerprint density at radius 2 is 1.89 bits per heavy atom. The minimum atomic E-state index is 0.228. The van der Waals surface area contributed by atoms with Crippen molar-refractivity contribution in [1.82, 2.24) is 10.3 Å². The van der Waals surface area contributed by atoms with E-state index in [2.05, 4.69) is 35.9 Å². The molecule has 0 aliphatic heterocycles.